The Balaban J connectivity index is 1.24. The van der Waals surface area contributed by atoms with Crippen molar-refractivity contribution in [1.82, 2.24) is 9.55 Å². The Morgan fingerprint density at radius 2 is 1.77 bits per heavy atom. The minimum absolute atomic E-state index is 0.0432. The highest BCUT2D eigenvalue weighted by molar-refractivity contribution is 6.03. The van der Waals surface area contributed by atoms with E-state index in [1.54, 1.807) is 33.0 Å². The van der Waals surface area contributed by atoms with Gasteiger partial charge in [-0.3, -0.25) is 4.79 Å². The number of aromatic nitrogens is 2. The van der Waals surface area contributed by atoms with E-state index in [1.165, 1.54) is 12.7 Å². The molecule has 1 aromatic heterocycles. The fraction of sp³-hybridized carbons (Fsp3) is 0.588. The summed E-state index contributed by atoms with van der Waals surface area (Å²) in [6, 6.07) is -0.513. The number of benzene rings is 1. The SMILES string of the molecule is COC(=O)/C(C)=C\CC12OC(C)(C)C3CC(C1=O)C1C4=C(Nc5nccn51)c1c(O[C@H]5O[C@H]6COC(C)(C)O[C@@H]6[C@@H](O)[C@@H]5O)c5c(c(CC=C(C)C)c1OC432)OC(C)(CCC=C(C)C)C=C5. The Morgan fingerprint density at radius 3 is 2.50 bits per heavy atom. The van der Waals surface area contributed by atoms with Crippen LogP contribution in [0.4, 0.5) is 5.95 Å². The van der Waals surface area contributed by atoms with Crippen LogP contribution in [0.15, 0.2) is 59.0 Å². The predicted molar refractivity (Wildman–Crippen MR) is 243 cm³/mol. The van der Waals surface area contributed by atoms with Gasteiger partial charge in [-0.2, -0.15) is 0 Å². The van der Waals surface area contributed by atoms with Crippen LogP contribution in [0.25, 0.3) is 11.8 Å². The van der Waals surface area contributed by atoms with Crippen LogP contribution in [-0.2, 0) is 39.7 Å². The molecule has 3 N–H and O–H groups in total. The fourth-order valence-electron chi connectivity index (χ4n) is 12.0. The molecule has 4 bridgehead atoms. The molecule has 0 radical (unpaired) electrons. The van der Waals surface area contributed by atoms with Crippen LogP contribution >= 0.6 is 0 Å². The Morgan fingerprint density at radius 1 is 1.02 bits per heavy atom. The van der Waals surface area contributed by atoms with Crippen molar-refractivity contribution in [3.05, 3.63) is 75.7 Å². The number of ketones is 1. The van der Waals surface area contributed by atoms with Crippen molar-refractivity contribution >= 4 is 29.5 Å². The van der Waals surface area contributed by atoms with E-state index in [-0.39, 0.29) is 30.5 Å². The molecule has 3 saturated heterocycles. The van der Waals surface area contributed by atoms with E-state index in [9.17, 15) is 15.0 Å². The Labute approximate surface area is 385 Å². The van der Waals surface area contributed by atoms with Gasteiger partial charge in [0.1, 0.15) is 47.3 Å². The number of Topliss-reactive ketones (excluding diaryl/α,β-unsaturated/α-hetero) is 1. The van der Waals surface area contributed by atoms with Crippen molar-refractivity contribution in [1.29, 1.82) is 0 Å². The summed E-state index contributed by atoms with van der Waals surface area (Å²) in [5.41, 5.74) is 1.32. The van der Waals surface area contributed by atoms with Gasteiger partial charge < -0.3 is 58.0 Å². The zero-order chi connectivity index (χ0) is 47.0. The summed E-state index contributed by atoms with van der Waals surface area (Å²) >= 11 is 0. The minimum Gasteiger partial charge on any atom is -0.482 e. The highest BCUT2D eigenvalue weighted by Gasteiger charge is 2.84. The van der Waals surface area contributed by atoms with Gasteiger partial charge >= 0.3 is 5.97 Å². The third kappa shape index (κ3) is 6.54. The molecule has 3 saturated carbocycles. The first-order chi connectivity index (χ1) is 31.2. The molecule has 0 amide bonds. The van der Waals surface area contributed by atoms with Crippen molar-refractivity contribution in [2.24, 2.45) is 11.8 Å². The number of methoxy groups -OCH3 is 1. The van der Waals surface area contributed by atoms with Gasteiger partial charge in [0.15, 0.2) is 22.8 Å². The van der Waals surface area contributed by atoms with Crippen molar-refractivity contribution in [2.45, 2.75) is 166 Å². The number of nitrogens with zero attached hydrogens (tertiary/aromatic N) is 2. The standard InChI is InChI=1S/C51H63N3O12/c1-25(2)13-12-18-49(10)19-17-29-39(64-49)28(15-14-26(3)4)41-33(40(29)62-45-38(56)37(55)42-31(61-45)24-60-48(8,9)63-42)35-34-36(54-22-21-52-46(54)53-35)30-23-32-47(6,7)66-50(43(30)57,51(32,34)65-41)20-16-27(5)44(58)59-11/h13-14,16-17,19,21-22,30-32,36-38,42,45,55-56H,12,15,18,20,23-24H2,1-11H3,(H,52,53)/b27-16-/t30?,31-,32?,36?,37-,38-,42-,45+,49?,50?,51?/m0/s1. The second-order valence-electron chi connectivity index (χ2n) is 21.0. The van der Waals surface area contributed by atoms with Crippen LogP contribution in [0.1, 0.15) is 118 Å². The van der Waals surface area contributed by atoms with E-state index < -0.39 is 76.8 Å². The maximum absolute atomic E-state index is 15.6. The van der Waals surface area contributed by atoms with Crippen LogP contribution in [0.5, 0.6) is 17.2 Å². The summed E-state index contributed by atoms with van der Waals surface area (Å²) < 4.78 is 55.1. The number of esters is 1. The number of allylic oxidation sites excluding steroid dienone is 4. The number of ether oxygens (including phenoxy) is 8. The maximum atomic E-state index is 15.6. The third-order valence-corrected chi connectivity index (χ3v) is 15.1. The first kappa shape index (κ1) is 45.0. The molecule has 6 aliphatic heterocycles. The van der Waals surface area contributed by atoms with Gasteiger partial charge in [0, 0.05) is 47.4 Å². The average Bonchev–Trinajstić information content (AvgIpc) is 3.78. The molecule has 66 heavy (non-hydrogen) atoms. The molecular weight excluding hydrogens is 847 g/mol. The number of aliphatic hydroxyl groups excluding tert-OH is 2. The topological polar surface area (TPSA) is 178 Å². The van der Waals surface area contributed by atoms with E-state index in [2.05, 4.69) is 38.2 Å². The van der Waals surface area contributed by atoms with Crippen molar-refractivity contribution < 1.29 is 57.7 Å². The number of aliphatic hydroxyl groups is 2. The van der Waals surface area contributed by atoms with E-state index in [0.717, 1.165) is 23.1 Å². The lowest BCUT2D eigenvalue weighted by molar-refractivity contribution is -0.373. The largest absolute Gasteiger partial charge is 0.482 e. The Bertz CT molecular complexity index is 2560. The number of hydrogen-bond donors (Lipinski definition) is 3. The number of carbonyl (C=O) groups is 2. The maximum Gasteiger partial charge on any atom is 0.333 e. The minimum atomic E-state index is -1.57. The number of fused-ring (bicyclic) bond motifs is 5. The van der Waals surface area contributed by atoms with Gasteiger partial charge in [0.2, 0.25) is 12.2 Å². The molecule has 3 aliphatic carbocycles. The van der Waals surface area contributed by atoms with Crippen LogP contribution in [-0.4, -0.2) is 104 Å². The number of hydrogen-bond acceptors (Lipinski definition) is 14. The normalized spacial score (nSPS) is 35.8. The predicted octanol–water partition coefficient (Wildman–Crippen LogP) is 7.06. The summed E-state index contributed by atoms with van der Waals surface area (Å²) in [4.78, 5) is 33.3. The van der Waals surface area contributed by atoms with Gasteiger partial charge in [0.05, 0.1) is 42.2 Å². The molecule has 11 atom stereocenters. The number of anilines is 1. The number of nitrogens with one attached hydrogen (secondary N) is 1. The molecule has 15 heteroatoms. The summed E-state index contributed by atoms with van der Waals surface area (Å²) in [5.74, 6) is -0.733. The van der Waals surface area contributed by atoms with Gasteiger partial charge in [-0.25, -0.2) is 9.78 Å². The summed E-state index contributed by atoms with van der Waals surface area (Å²) in [6.45, 7) is 19.6. The van der Waals surface area contributed by atoms with Crippen LogP contribution < -0.4 is 19.5 Å². The van der Waals surface area contributed by atoms with E-state index >= 15 is 4.79 Å². The molecule has 15 nitrogen and oxygen atoms in total. The van der Waals surface area contributed by atoms with E-state index in [1.807, 2.05) is 50.6 Å². The van der Waals surface area contributed by atoms with Crippen molar-refractivity contribution in [2.75, 3.05) is 19.0 Å². The highest BCUT2D eigenvalue weighted by Crippen LogP contribution is 2.74. The zero-order valence-corrected chi connectivity index (χ0v) is 39.8. The molecular formula is C51H63N3O12. The molecule has 354 valence electrons. The second-order valence-corrected chi connectivity index (χ2v) is 21.0. The number of carbonyl (C=O) groups excluding carboxylic acids is 2. The van der Waals surface area contributed by atoms with Gasteiger partial charge in [-0.15, -0.1) is 0 Å². The fourth-order valence-corrected chi connectivity index (χ4v) is 12.0. The van der Waals surface area contributed by atoms with Crippen LogP contribution in [0.2, 0.25) is 0 Å². The molecule has 11 rings (SSSR count). The highest BCUT2D eigenvalue weighted by atomic mass is 16.8. The summed E-state index contributed by atoms with van der Waals surface area (Å²) in [5, 5.41) is 27.3. The van der Waals surface area contributed by atoms with Crippen LogP contribution in [0, 0.1) is 11.8 Å². The first-order valence-corrected chi connectivity index (χ1v) is 23.3. The average molecular weight is 910 g/mol. The molecule has 6 fully saturated rings. The van der Waals surface area contributed by atoms with Gasteiger partial charge in [-0.05, 0) is 107 Å². The Kier molecular flexibility index (Phi) is 10.5. The molecule has 7 heterocycles. The van der Waals surface area contributed by atoms with Crippen LogP contribution in [0.3, 0.4) is 0 Å². The third-order valence-electron chi connectivity index (χ3n) is 15.1. The number of rotatable bonds is 10. The van der Waals surface area contributed by atoms with Crippen molar-refractivity contribution in [3.8, 4) is 17.2 Å². The van der Waals surface area contributed by atoms with E-state index in [4.69, 9.17) is 42.9 Å². The molecule has 1 spiro atoms. The Hall–Kier alpha value is -4.77. The molecule has 6 unspecified atom stereocenters. The molecule has 1 aromatic carbocycles. The van der Waals surface area contributed by atoms with Gasteiger partial charge in [0.25, 0.3) is 0 Å². The number of imidazole rings is 1. The lowest BCUT2D eigenvalue weighted by Crippen LogP contribution is -2.75. The smallest absolute Gasteiger partial charge is 0.333 e. The van der Waals surface area contributed by atoms with Crippen molar-refractivity contribution in [3.63, 3.8) is 0 Å². The molecule has 2 aromatic rings. The summed E-state index contributed by atoms with van der Waals surface area (Å²) in [7, 11) is 1.33. The zero-order valence-electron chi connectivity index (χ0n) is 39.8. The first-order valence-electron chi connectivity index (χ1n) is 23.3. The van der Waals surface area contributed by atoms with E-state index in [0.29, 0.717) is 59.1 Å². The quantitative estimate of drug-likeness (QED) is 0.125. The molecule has 9 aliphatic rings. The van der Waals surface area contributed by atoms with Gasteiger partial charge in [-0.1, -0.05) is 29.4 Å². The monoisotopic (exact) mass is 909 g/mol. The second kappa shape index (κ2) is 15.4. The lowest BCUT2D eigenvalue weighted by Gasteiger charge is -2.62. The lowest BCUT2D eigenvalue weighted by atomic mass is 9.47. The summed E-state index contributed by atoms with van der Waals surface area (Å²) in [6.07, 6.45) is 10.1.